The molecule has 158 valence electrons. The summed E-state index contributed by atoms with van der Waals surface area (Å²) in [7, 11) is 3.10. The predicted molar refractivity (Wildman–Crippen MR) is 123 cm³/mol. The maximum Gasteiger partial charge on any atom is 0.258 e. The Labute approximate surface area is 180 Å². The Hall–Kier alpha value is -3.64. The zero-order valence-corrected chi connectivity index (χ0v) is 17.8. The average molecular weight is 415 g/mol. The number of aromatic nitrogens is 2. The van der Waals surface area contributed by atoms with E-state index in [0.29, 0.717) is 34.8 Å². The van der Waals surface area contributed by atoms with Crippen LogP contribution < -0.4 is 20.3 Å². The summed E-state index contributed by atoms with van der Waals surface area (Å²) < 4.78 is 10.6. The van der Waals surface area contributed by atoms with Gasteiger partial charge >= 0.3 is 0 Å². The van der Waals surface area contributed by atoms with Gasteiger partial charge in [-0.15, -0.1) is 0 Å². The van der Waals surface area contributed by atoms with Crippen LogP contribution in [0.2, 0.25) is 0 Å². The van der Waals surface area contributed by atoms with Crippen LogP contribution in [0.15, 0.2) is 71.5 Å². The Morgan fingerprint density at radius 1 is 0.935 bits per heavy atom. The highest BCUT2D eigenvalue weighted by atomic mass is 16.5. The maximum absolute atomic E-state index is 12.5. The zero-order valence-electron chi connectivity index (χ0n) is 17.8. The van der Waals surface area contributed by atoms with Crippen molar-refractivity contribution in [1.82, 2.24) is 15.3 Å². The summed E-state index contributed by atoms with van der Waals surface area (Å²) in [6.07, 6.45) is 0. The fraction of sp³-hybridized carbons (Fsp3) is 0.200. The number of fused-ring (bicyclic) bond motifs is 1. The summed E-state index contributed by atoms with van der Waals surface area (Å²) in [5, 5.41) is 3.89. The number of H-pyrrole nitrogens is 1. The highest BCUT2D eigenvalue weighted by Gasteiger charge is 2.12. The number of nitrogens with zero attached hydrogens (tertiary/aromatic N) is 1. The van der Waals surface area contributed by atoms with E-state index >= 15 is 0 Å². The number of ether oxygens (including phenoxy) is 2. The van der Waals surface area contributed by atoms with Gasteiger partial charge in [0, 0.05) is 12.1 Å². The molecule has 0 radical (unpaired) electrons. The van der Waals surface area contributed by atoms with E-state index < -0.39 is 0 Å². The minimum atomic E-state index is -0.206. The van der Waals surface area contributed by atoms with Crippen LogP contribution in [-0.2, 0) is 6.54 Å². The molecule has 6 nitrogen and oxygen atoms in total. The second kappa shape index (κ2) is 9.02. The average Bonchev–Trinajstić information content (AvgIpc) is 2.82. The van der Waals surface area contributed by atoms with Gasteiger partial charge in [-0.3, -0.25) is 4.79 Å². The lowest BCUT2D eigenvalue weighted by molar-refractivity contribution is 0.355. The van der Waals surface area contributed by atoms with Crippen LogP contribution in [0.25, 0.3) is 22.0 Å². The van der Waals surface area contributed by atoms with E-state index in [9.17, 15) is 4.79 Å². The van der Waals surface area contributed by atoms with Crippen molar-refractivity contribution in [3.8, 4) is 22.6 Å². The molecule has 3 aromatic carbocycles. The molecule has 0 amide bonds. The quantitative estimate of drug-likeness (QED) is 0.466. The van der Waals surface area contributed by atoms with E-state index in [0.717, 1.165) is 5.56 Å². The van der Waals surface area contributed by atoms with Crippen molar-refractivity contribution in [2.45, 2.75) is 19.5 Å². The summed E-state index contributed by atoms with van der Waals surface area (Å²) in [5.41, 5.74) is 3.90. The molecule has 2 N–H and O–H groups in total. The van der Waals surface area contributed by atoms with Gasteiger partial charge in [-0.2, -0.15) is 0 Å². The van der Waals surface area contributed by atoms with Gasteiger partial charge in [-0.25, -0.2) is 4.98 Å². The number of hydrogen-bond donors (Lipinski definition) is 2. The standard InChI is InChI=1S/C25H25N3O3/c1-16(17-9-11-19(12-10-17)18-7-5-4-6-8-18)26-15-24-27-21-14-23(31-3)22(30-2)13-20(21)25(29)28-24/h4-14,16,26H,15H2,1-3H3,(H,27,28,29)/t16-/m0/s1. The highest BCUT2D eigenvalue weighted by molar-refractivity contribution is 5.81. The molecule has 0 bridgehead atoms. The van der Waals surface area contributed by atoms with Gasteiger partial charge in [0.25, 0.3) is 5.56 Å². The first kappa shape index (κ1) is 20.6. The molecule has 1 heterocycles. The van der Waals surface area contributed by atoms with E-state index in [2.05, 4.69) is 58.6 Å². The van der Waals surface area contributed by atoms with Gasteiger partial charge in [0.2, 0.25) is 0 Å². The molecule has 1 aromatic heterocycles. The van der Waals surface area contributed by atoms with Gasteiger partial charge in [0.15, 0.2) is 11.5 Å². The van der Waals surface area contributed by atoms with E-state index in [-0.39, 0.29) is 11.6 Å². The number of rotatable bonds is 7. The smallest absolute Gasteiger partial charge is 0.258 e. The molecule has 1 atom stereocenters. The molecule has 6 heteroatoms. The second-order valence-corrected chi connectivity index (χ2v) is 7.33. The third kappa shape index (κ3) is 4.44. The molecular formula is C25H25N3O3. The van der Waals surface area contributed by atoms with Crippen LogP contribution in [0.1, 0.15) is 24.4 Å². The Balaban J connectivity index is 1.50. The van der Waals surface area contributed by atoms with E-state index in [1.54, 1.807) is 19.2 Å². The van der Waals surface area contributed by atoms with Crippen molar-refractivity contribution < 1.29 is 9.47 Å². The fourth-order valence-electron chi connectivity index (χ4n) is 3.56. The van der Waals surface area contributed by atoms with Gasteiger partial charge in [-0.05, 0) is 29.7 Å². The lowest BCUT2D eigenvalue weighted by atomic mass is 10.0. The zero-order chi connectivity index (χ0) is 21.8. The van der Waals surface area contributed by atoms with E-state index in [1.807, 2.05) is 18.2 Å². The molecule has 4 aromatic rings. The second-order valence-electron chi connectivity index (χ2n) is 7.33. The summed E-state index contributed by atoms with van der Waals surface area (Å²) in [6.45, 7) is 2.52. The molecule has 0 unspecified atom stereocenters. The Kier molecular flexibility index (Phi) is 6.00. The normalized spacial score (nSPS) is 12.0. The predicted octanol–water partition coefficient (Wildman–Crippen LogP) is 4.46. The molecular weight excluding hydrogens is 390 g/mol. The van der Waals surface area contributed by atoms with Gasteiger partial charge < -0.3 is 19.8 Å². The lowest BCUT2D eigenvalue weighted by Gasteiger charge is -2.15. The third-order valence-electron chi connectivity index (χ3n) is 5.35. The minimum absolute atomic E-state index is 0.0937. The van der Waals surface area contributed by atoms with Crippen LogP contribution in [0.5, 0.6) is 11.5 Å². The molecule has 0 aliphatic heterocycles. The first-order valence-corrected chi connectivity index (χ1v) is 10.1. The molecule has 0 aliphatic rings. The Bertz CT molecular complexity index is 1230. The summed E-state index contributed by atoms with van der Waals surface area (Å²) in [4.78, 5) is 20.0. The Morgan fingerprint density at radius 2 is 1.58 bits per heavy atom. The monoisotopic (exact) mass is 415 g/mol. The number of nitrogens with one attached hydrogen (secondary N) is 2. The van der Waals surface area contributed by atoms with Crippen LogP contribution >= 0.6 is 0 Å². The van der Waals surface area contributed by atoms with Crippen molar-refractivity contribution in [1.29, 1.82) is 0 Å². The van der Waals surface area contributed by atoms with Crippen molar-refractivity contribution in [3.05, 3.63) is 88.5 Å². The molecule has 0 saturated carbocycles. The van der Waals surface area contributed by atoms with Crippen molar-refractivity contribution in [2.75, 3.05) is 14.2 Å². The SMILES string of the molecule is COc1cc2nc(CN[C@@H](C)c3ccc(-c4ccccc4)cc3)[nH]c(=O)c2cc1OC. The largest absolute Gasteiger partial charge is 0.493 e. The highest BCUT2D eigenvalue weighted by Crippen LogP contribution is 2.30. The summed E-state index contributed by atoms with van der Waals surface area (Å²) in [6, 6.07) is 22.2. The van der Waals surface area contributed by atoms with Gasteiger partial charge in [0.1, 0.15) is 5.82 Å². The van der Waals surface area contributed by atoms with E-state index in [1.165, 1.54) is 18.2 Å². The van der Waals surface area contributed by atoms with Crippen molar-refractivity contribution in [3.63, 3.8) is 0 Å². The molecule has 0 spiro atoms. The topological polar surface area (TPSA) is 76.2 Å². The van der Waals surface area contributed by atoms with Crippen LogP contribution in [0, 0.1) is 0 Å². The van der Waals surface area contributed by atoms with Gasteiger partial charge in [-0.1, -0.05) is 54.6 Å². The van der Waals surface area contributed by atoms with Crippen LogP contribution in [0.4, 0.5) is 0 Å². The molecule has 31 heavy (non-hydrogen) atoms. The van der Waals surface area contributed by atoms with E-state index in [4.69, 9.17) is 9.47 Å². The van der Waals surface area contributed by atoms with Crippen molar-refractivity contribution >= 4 is 10.9 Å². The molecule has 0 fully saturated rings. The number of aromatic amines is 1. The number of benzene rings is 3. The minimum Gasteiger partial charge on any atom is -0.493 e. The van der Waals surface area contributed by atoms with Crippen LogP contribution in [-0.4, -0.2) is 24.2 Å². The first-order valence-electron chi connectivity index (χ1n) is 10.1. The molecule has 0 aliphatic carbocycles. The summed E-state index contributed by atoms with van der Waals surface area (Å²) in [5.74, 6) is 1.61. The number of methoxy groups -OCH3 is 2. The lowest BCUT2D eigenvalue weighted by Crippen LogP contribution is -2.22. The van der Waals surface area contributed by atoms with Gasteiger partial charge in [0.05, 0.1) is 31.7 Å². The number of hydrogen-bond acceptors (Lipinski definition) is 5. The fourth-order valence-corrected chi connectivity index (χ4v) is 3.56. The third-order valence-corrected chi connectivity index (χ3v) is 5.35. The van der Waals surface area contributed by atoms with Crippen LogP contribution in [0.3, 0.4) is 0 Å². The van der Waals surface area contributed by atoms with Crippen molar-refractivity contribution in [2.24, 2.45) is 0 Å². The molecule has 0 saturated heterocycles. The maximum atomic E-state index is 12.5. The Morgan fingerprint density at radius 3 is 2.26 bits per heavy atom. The first-order chi connectivity index (χ1) is 15.1. The summed E-state index contributed by atoms with van der Waals surface area (Å²) >= 11 is 0. The molecule has 4 rings (SSSR count).